The van der Waals surface area contributed by atoms with Gasteiger partial charge in [-0.15, -0.1) is 0 Å². The van der Waals surface area contributed by atoms with Crippen LogP contribution in [0.1, 0.15) is 29.0 Å². The van der Waals surface area contributed by atoms with Gasteiger partial charge in [0.1, 0.15) is 5.69 Å². The summed E-state index contributed by atoms with van der Waals surface area (Å²) in [7, 11) is 0. The number of aromatic nitrogens is 2. The molecule has 1 amide bonds. The maximum atomic E-state index is 12.5. The van der Waals surface area contributed by atoms with Crippen LogP contribution >= 0.6 is 11.6 Å². The molecule has 0 unspecified atom stereocenters. The number of carbonyl (C=O) groups excluding carboxylic acids is 1. The zero-order valence-electron chi connectivity index (χ0n) is 11.8. The Labute approximate surface area is 132 Å². The Morgan fingerprint density at radius 1 is 1.23 bits per heavy atom. The van der Waals surface area contributed by atoms with Gasteiger partial charge in [0.25, 0.3) is 5.91 Å². The van der Waals surface area contributed by atoms with E-state index in [0.29, 0.717) is 10.7 Å². The first-order valence-electron chi connectivity index (χ1n) is 7.19. The number of nitrogens with zero attached hydrogens (tertiary/aromatic N) is 1. The highest BCUT2D eigenvalue weighted by Crippen LogP contribution is 2.44. The van der Waals surface area contributed by atoms with Gasteiger partial charge >= 0.3 is 0 Å². The molecule has 4 nitrogen and oxygen atoms in total. The number of rotatable bonds is 3. The molecule has 1 aliphatic rings. The summed E-state index contributed by atoms with van der Waals surface area (Å²) in [6.07, 6.45) is 3.59. The number of carbonyl (C=O) groups is 1. The van der Waals surface area contributed by atoms with E-state index in [1.54, 1.807) is 12.3 Å². The van der Waals surface area contributed by atoms with E-state index < -0.39 is 0 Å². The average molecular weight is 312 g/mol. The largest absolute Gasteiger partial charge is 0.351 e. The Hall–Kier alpha value is -2.33. The third kappa shape index (κ3) is 2.25. The molecule has 4 rings (SSSR count). The van der Waals surface area contributed by atoms with E-state index in [0.717, 1.165) is 29.4 Å². The molecule has 2 heterocycles. The summed E-state index contributed by atoms with van der Waals surface area (Å²) in [5.41, 5.74) is 2.05. The van der Waals surface area contributed by atoms with E-state index >= 15 is 0 Å². The van der Waals surface area contributed by atoms with Gasteiger partial charge in [-0.1, -0.05) is 17.7 Å². The fourth-order valence-electron chi connectivity index (χ4n) is 2.73. The van der Waals surface area contributed by atoms with Crippen LogP contribution in [0.5, 0.6) is 0 Å². The van der Waals surface area contributed by atoms with Crippen LogP contribution in [0.15, 0.2) is 48.7 Å². The van der Waals surface area contributed by atoms with E-state index in [2.05, 4.69) is 15.3 Å². The van der Waals surface area contributed by atoms with Crippen LogP contribution in [-0.4, -0.2) is 15.9 Å². The van der Waals surface area contributed by atoms with Crippen molar-refractivity contribution in [3.63, 3.8) is 0 Å². The normalized spacial score (nSPS) is 15.7. The Kier molecular flexibility index (Phi) is 2.94. The highest BCUT2D eigenvalue weighted by atomic mass is 35.5. The predicted octanol–water partition coefficient (Wildman–Crippen LogP) is 3.64. The first kappa shape index (κ1) is 13.3. The number of hydrogen-bond donors (Lipinski definition) is 2. The van der Waals surface area contributed by atoms with Gasteiger partial charge in [-0.05, 0) is 49.2 Å². The van der Waals surface area contributed by atoms with Crippen molar-refractivity contribution in [1.82, 2.24) is 15.3 Å². The number of fused-ring (bicyclic) bond motifs is 1. The Morgan fingerprint density at radius 3 is 2.82 bits per heavy atom. The molecular weight excluding hydrogens is 298 g/mol. The summed E-state index contributed by atoms with van der Waals surface area (Å²) in [6, 6.07) is 13.1. The number of nitrogens with one attached hydrogen (secondary N) is 2. The summed E-state index contributed by atoms with van der Waals surface area (Å²) in [6.45, 7) is 0. The van der Waals surface area contributed by atoms with E-state index in [4.69, 9.17) is 11.6 Å². The van der Waals surface area contributed by atoms with E-state index in [-0.39, 0.29) is 11.4 Å². The van der Waals surface area contributed by atoms with Gasteiger partial charge < -0.3 is 10.3 Å². The molecule has 0 saturated heterocycles. The van der Waals surface area contributed by atoms with Gasteiger partial charge in [-0.25, -0.2) is 0 Å². The molecule has 1 aliphatic carbocycles. The van der Waals surface area contributed by atoms with Crippen LogP contribution in [-0.2, 0) is 5.54 Å². The maximum Gasteiger partial charge on any atom is 0.268 e. The highest BCUT2D eigenvalue weighted by molar-refractivity contribution is 6.31. The minimum absolute atomic E-state index is 0.115. The van der Waals surface area contributed by atoms with Gasteiger partial charge in [0.05, 0.1) is 11.2 Å². The van der Waals surface area contributed by atoms with Gasteiger partial charge in [-0.3, -0.25) is 9.78 Å². The van der Waals surface area contributed by atoms with Crippen molar-refractivity contribution in [3.8, 4) is 0 Å². The van der Waals surface area contributed by atoms with E-state index in [1.165, 1.54) is 0 Å². The van der Waals surface area contributed by atoms with Crippen molar-refractivity contribution in [2.75, 3.05) is 0 Å². The summed E-state index contributed by atoms with van der Waals surface area (Å²) >= 11 is 5.98. The lowest BCUT2D eigenvalue weighted by Crippen LogP contribution is -2.35. The summed E-state index contributed by atoms with van der Waals surface area (Å²) < 4.78 is 0. The van der Waals surface area contributed by atoms with Crippen LogP contribution in [0.4, 0.5) is 0 Å². The lowest BCUT2D eigenvalue weighted by Gasteiger charge is -2.16. The minimum Gasteiger partial charge on any atom is -0.351 e. The minimum atomic E-state index is -0.312. The maximum absolute atomic E-state index is 12.5. The average Bonchev–Trinajstić information content (AvgIpc) is 3.18. The van der Waals surface area contributed by atoms with Crippen molar-refractivity contribution < 1.29 is 4.79 Å². The smallest absolute Gasteiger partial charge is 0.268 e. The summed E-state index contributed by atoms with van der Waals surface area (Å²) in [4.78, 5) is 20.0. The third-order valence-corrected chi connectivity index (χ3v) is 4.32. The highest BCUT2D eigenvalue weighted by Gasteiger charge is 2.47. The number of H-pyrrole nitrogens is 1. The molecule has 2 aromatic heterocycles. The predicted molar refractivity (Wildman–Crippen MR) is 85.9 cm³/mol. The monoisotopic (exact) mass is 311 g/mol. The lowest BCUT2D eigenvalue weighted by molar-refractivity contribution is 0.0925. The standard InChI is InChI=1S/C17H14ClN3O/c18-12-4-5-13-11(9-12)10-14(20-13)16(22)21-17(6-7-17)15-3-1-2-8-19-15/h1-5,8-10,20H,6-7H2,(H,21,22). The number of pyridine rings is 1. The summed E-state index contributed by atoms with van der Waals surface area (Å²) in [5.74, 6) is -0.115. The molecule has 0 atom stereocenters. The fraction of sp³-hybridized carbons (Fsp3) is 0.176. The van der Waals surface area contributed by atoms with Crippen molar-refractivity contribution in [1.29, 1.82) is 0 Å². The topological polar surface area (TPSA) is 57.8 Å². The second-order valence-electron chi connectivity index (χ2n) is 5.67. The van der Waals surface area contributed by atoms with Gasteiger partial charge in [-0.2, -0.15) is 0 Å². The van der Waals surface area contributed by atoms with Gasteiger partial charge in [0, 0.05) is 22.1 Å². The molecule has 0 radical (unpaired) electrons. The Morgan fingerprint density at radius 2 is 2.09 bits per heavy atom. The zero-order valence-corrected chi connectivity index (χ0v) is 12.5. The summed E-state index contributed by atoms with van der Waals surface area (Å²) in [5, 5.41) is 4.70. The SMILES string of the molecule is O=C(NC1(c2ccccn2)CC1)c1cc2cc(Cl)ccc2[nH]1. The second kappa shape index (κ2) is 4.85. The molecule has 1 aromatic carbocycles. The van der Waals surface area contributed by atoms with E-state index in [1.807, 2.05) is 36.4 Å². The van der Waals surface area contributed by atoms with E-state index in [9.17, 15) is 4.79 Å². The zero-order chi connectivity index (χ0) is 15.2. The van der Waals surface area contributed by atoms with Crippen molar-refractivity contribution in [2.45, 2.75) is 18.4 Å². The first-order chi connectivity index (χ1) is 10.7. The number of hydrogen-bond acceptors (Lipinski definition) is 2. The molecular formula is C17H14ClN3O. The van der Waals surface area contributed by atoms with Crippen LogP contribution in [0, 0.1) is 0 Å². The number of halogens is 1. The molecule has 1 fully saturated rings. The Bertz CT molecular complexity index is 853. The van der Waals surface area contributed by atoms with Crippen LogP contribution < -0.4 is 5.32 Å². The fourth-order valence-corrected chi connectivity index (χ4v) is 2.91. The number of benzene rings is 1. The lowest BCUT2D eigenvalue weighted by atomic mass is 10.1. The molecule has 0 bridgehead atoms. The second-order valence-corrected chi connectivity index (χ2v) is 6.10. The number of aromatic amines is 1. The van der Waals surface area contributed by atoms with Crippen molar-refractivity contribution in [2.24, 2.45) is 0 Å². The van der Waals surface area contributed by atoms with Gasteiger partial charge in [0.15, 0.2) is 0 Å². The molecule has 1 saturated carbocycles. The molecule has 5 heteroatoms. The molecule has 3 aromatic rings. The quantitative estimate of drug-likeness (QED) is 0.776. The third-order valence-electron chi connectivity index (χ3n) is 4.09. The Balaban J connectivity index is 1.61. The van der Waals surface area contributed by atoms with Crippen molar-refractivity contribution in [3.05, 3.63) is 65.1 Å². The molecule has 2 N–H and O–H groups in total. The van der Waals surface area contributed by atoms with Gasteiger partial charge in [0.2, 0.25) is 0 Å². The molecule has 0 aliphatic heterocycles. The first-order valence-corrected chi connectivity index (χ1v) is 7.56. The van der Waals surface area contributed by atoms with Crippen LogP contribution in [0.2, 0.25) is 5.02 Å². The van der Waals surface area contributed by atoms with Crippen LogP contribution in [0.3, 0.4) is 0 Å². The molecule has 0 spiro atoms. The number of amides is 1. The van der Waals surface area contributed by atoms with Crippen molar-refractivity contribution >= 4 is 28.4 Å². The molecule has 22 heavy (non-hydrogen) atoms. The molecule has 110 valence electrons. The van der Waals surface area contributed by atoms with Crippen LogP contribution in [0.25, 0.3) is 10.9 Å².